The molecule has 1 saturated heterocycles. The van der Waals surface area contributed by atoms with Crippen LogP contribution in [0.5, 0.6) is 0 Å². The first-order valence-corrected chi connectivity index (χ1v) is 6.43. The van der Waals surface area contributed by atoms with Crippen LogP contribution < -0.4 is 4.90 Å². The third kappa shape index (κ3) is 3.26. The monoisotopic (exact) mass is 248 g/mol. The van der Waals surface area contributed by atoms with E-state index in [1.54, 1.807) is 12.4 Å². The molecule has 0 aromatic carbocycles. The molecule has 0 N–H and O–H groups in total. The van der Waals surface area contributed by atoms with Crippen molar-refractivity contribution in [1.82, 2.24) is 14.9 Å². The van der Waals surface area contributed by atoms with Crippen molar-refractivity contribution < 1.29 is 4.79 Å². The number of nitrogens with zero attached hydrogens (tertiary/aromatic N) is 4. The second-order valence-corrected chi connectivity index (χ2v) is 5.12. The number of anilines is 1. The van der Waals surface area contributed by atoms with Crippen molar-refractivity contribution in [3.05, 3.63) is 18.0 Å². The molecule has 0 aliphatic carbocycles. The zero-order valence-corrected chi connectivity index (χ0v) is 11.0. The van der Waals surface area contributed by atoms with Crippen LogP contribution in [0, 0.1) is 5.92 Å². The van der Waals surface area contributed by atoms with E-state index in [1.165, 1.54) is 0 Å². The third-order valence-corrected chi connectivity index (χ3v) is 3.07. The second kappa shape index (κ2) is 5.91. The average Bonchev–Trinajstić information content (AvgIpc) is 2.39. The summed E-state index contributed by atoms with van der Waals surface area (Å²) >= 11 is 0. The Morgan fingerprint density at radius 3 is 2.33 bits per heavy atom. The van der Waals surface area contributed by atoms with Gasteiger partial charge in [-0.05, 0) is 5.92 Å². The minimum Gasteiger partial charge on any atom is -0.338 e. The van der Waals surface area contributed by atoms with Crippen LogP contribution >= 0.6 is 0 Å². The molecule has 1 aliphatic heterocycles. The summed E-state index contributed by atoms with van der Waals surface area (Å²) in [6.07, 6.45) is 3.93. The van der Waals surface area contributed by atoms with Gasteiger partial charge in [-0.15, -0.1) is 0 Å². The lowest BCUT2D eigenvalue weighted by Crippen LogP contribution is -2.48. The van der Waals surface area contributed by atoms with E-state index < -0.39 is 0 Å². The van der Waals surface area contributed by atoms with Crippen LogP contribution in [-0.2, 0) is 0 Å². The van der Waals surface area contributed by atoms with Crippen LogP contribution in [0.15, 0.2) is 12.4 Å². The van der Waals surface area contributed by atoms with E-state index >= 15 is 0 Å². The maximum Gasteiger partial charge on any atom is 0.225 e. The zero-order chi connectivity index (χ0) is 13.0. The molecule has 0 atom stereocenters. The number of carbonyl (C=O) groups excluding carboxylic acids is 1. The standard InChI is InChI=1S/C13H20N4O/c1-11(2)9-16-3-5-17(6-4-16)13-14-7-12(10-18)8-15-13/h7-8,10-11H,3-6,9H2,1-2H3. The van der Waals surface area contributed by atoms with Gasteiger partial charge in [0.1, 0.15) is 0 Å². The van der Waals surface area contributed by atoms with Crippen LogP contribution in [0.1, 0.15) is 24.2 Å². The highest BCUT2D eigenvalue weighted by Crippen LogP contribution is 2.11. The van der Waals surface area contributed by atoms with Crippen LogP contribution in [0.2, 0.25) is 0 Å². The molecule has 2 heterocycles. The lowest BCUT2D eigenvalue weighted by Gasteiger charge is -2.35. The van der Waals surface area contributed by atoms with E-state index in [-0.39, 0.29) is 0 Å². The topological polar surface area (TPSA) is 49.3 Å². The number of hydrogen-bond acceptors (Lipinski definition) is 5. The normalized spacial score (nSPS) is 17.2. The Labute approximate surface area is 108 Å². The van der Waals surface area contributed by atoms with Gasteiger partial charge in [0.15, 0.2) is 6.29 Å². The second-order valence-electron chi connectivity index (χ2n) is 5.12. The van der Waals surface area contributed by atoms with Gasteiger partial charge in [-0.3, -0.25) is 9.69 Å². The Morgan fingerprint density at radius 2 is 1.83 bits per heavy atom. The van der Waals surface area contributed by atoms with Gasteiger partial charge in [0, 0.05) is 45.1 Å². The molecule has 0 bridgehead atoms. The van der Waals surface area contributed by atoms with Crippen molar-refractivity contribution in [2.45, 2.75) is 13.8 Å². The summed E-state index contributed by atoms with van der Waals surface area (Å²) in [6, 6.07) is 0. The molecule has 1 fully saturated rings. The fourth-order valence-corrected chi connectivity index (χ4v) is 2.20. The minimum absolute atomic E-state index is 0.525. The van der Waals surface area contributed by atoms with Crippen molar-refractivity contribution in [2.75, 3.05) is 37.6 Å². The summed E-state index contributed by atoms with van der Waals surface area (Å²) < 4.78 is 0. The summed E-state index contributed by atoms with van der Waals surface area (Å²) in [5.41, 5.74) is 0.525. The minimum atomic E-state index is 0.525. The number of aromatic nitrogens is 2. The molecular formula is C13H20N4O. The van der Waals surface area contributed by atoms with E-state index in [1.807, 2.05) is 0 Å². The predicted molar refractivity (Wildman–Crippen MR) is 70.9 cm³/mol. The Morgan fingerprint density at radius 1 is 1.22 bits per heavy atom. The summed E-state index contributed by atoms with van der Waals surface area (Å²) in [6.45, 7) is 9.65. The van der Waals surface area contributed by atoms with E-state index in [4.69, 9.17) is 0 Å². The van der Waals surface area contributed by atoms with Crippen molar-refractivity contribution in [3.8, 4) is 0 Å². The molecule has 1 aliphatic rings. The Balaban J connectivity index is 1.90. The fourth-order valence-electron chi connectivity index (χ4n) is 2.20. The van der Waals surface area contributed by atoms with Gasteiger partial charge < -0.3 is 4.90 Å². The van der Waals surface area contributed by atoms with Gasteiger partial charge in [0.05, 0.1) is 5.56 Å². The fraction of sp³-hybridized carbons (Fsp3) is 0.615. The number of carbonyl (C=O) groups is 1. The Bertz CT molecular complexity index is 382. The van der Waals surface area contributed by atoms with Crippen molar-refractivity contribution >= 4 is 12.2 Å². The maximum atomic E-state index is 10.5. The molecule has 0 spiro atoms. The number of hydrogen-bond donors (Lipinski definition) is 0. The van der Waals surface area contributed by atoms with E-state index in [2.05, 4.69) is 33.6 Å². The quantitative estimate of drug-likeness (QED) is 0.746. The molecule has 0 amide bonds. The van der Waals surface area contributed by atoms with Gasteiger partial charge in [-0.2, -0.15) is 0 Å². The average molecular weight is 248 g/mol. The Hall–Kier alpha value is -1.49. The molecule has 0 saturated carbocycles. The lowest BCUT2D eigenvalue weighted by molar-refractivity contribution is 0.112. The lowest BCUT2D eigenvalue weighted by atomic mass is 10.2. The van der Waals surface area contributed by atoms with Gasteiger partial charge in [0.25, 0.3) is 0 Å². The van der Waals surface area contributed by atoms with Crippen LogP contribution in [0.25, 0.3) is 0 Å². The zero-order valence-electron chi connectivity index (χ0n) is 11.0. The first-order chi connectivity index (χ1) is 8.69. The molecule has 5 heteroatoms. The molecule has 98 valence electrons. The third-order valence-electron chi connectivity index (χ3n) is 3.07. The van der Waals surface area contributed by atoms with Gasteiger partial charge in [0.2, 0.25) is 5.95 Å². The summed E-state index contributed by atoms with van der Waals surface area (Å²) in [5.74, 6) is 1.43. The van der Waals surface area contributed by atoms with E-state index in [0.717, 1.165) is 45.0 Å². The van der Waals surface area contributed by atoms with Crippen LogP contribution in [0.4, 0.5) is 5.95 Å². The molecule has 0 unspecified atom stereocenters. The molecule has 1 aromatic heterocycles. The highest BCUT2D eigenvalue weighted by atomic mass is 16.1. The van der Waals surface area contributed by atoms with Gasteiger partial charge in [-0.1, -0.05) is 13.8 Å². The smallest absolute Gasteiger partial charge is 0.225 e. The number of rotatable bonds is 4. The maximum absolute atomic E-state index is 10.5. The van der Waals surface area contributed by atoms with Crippen LogP contribution in [0.3, 0.4) is 0 Å². The molecule has 0 radical (unpaired) electrons. The molecule has 18 heavy (non-hydrogen) atoms. The van der Waals surface area contributed by atoms with Crippen molar-refractivity contribution in [2.24, 2.45) is 5.92 Å². The van der Waals surface area contributed by atoms with Gasteiger partial charge >= 0.3 is 0 Å². The van der Waals surface area contributed by atoms with E-state index in [0.29, 0.717) is 11.5 Å². The molecule has 2 rings (SSSR count). The Kier molecular flexibility index (Phi) is 4.25. The van der Waals surface area contributed by atoms with E-state index in [9.17, 15) is 4.79 Å². The summed E-state index contributed by atoms with van der Waals surface area (Å²) in [5, 5.41) is 0. The molecular weight excluding hydrogens is 228 g/mol. The first kappa shape index (κ1) is 13.0. The highest BCUT2D eigenvalue weighted by molar-refractivity contribution is 5.73. The SMILES string of the molecule is CC(C)CN1CCN(c2ncc(C=O)cn2)CC1. The largest absolute Gasteiger partial charge is 0.338 e. The molecule has 1 aromatic rings. The van der Waals surface area contributed by atoms with Crippen LogP contribution in [-0.4, -0.2) is 53.9 Å². The first-order valence-electron chi connectivity index (χ1n) is 6.43. The summed E-state index contributed by atoms with van der Waals surface area (Å²) in [4.78, 5) is 23.6. The summed E-state index contributed by atoms with van der Waals surface area (Å²) in [7, 11) is 0. The van der Waals surface area contributed by atoms with Gasteiger partial charge in [-0.25, -0.2) is 9.97 Å². The number of aldehydes is 1. The molecule has 5 nitrogen and oxygen atoms in total. The highest BCUT2D eigenvalue weighted by Gasteiger charge is 2.19. The van der Waals surface area contributed by atoms with Crippen molar-refractivity contribution in [3.63, 3.8) is 0 Å². The predicted octanol–water partition coefficient (Wildman–Crippen LogP) is 1.07. The van der Waals surface area contributed by atoms with Crippen molar-refractivity contribution in [1.29, 1.82) is 0 Å². The number of piperazine rings is 1.